The van der Waals surface area contributed by atoms with Gasteiger partial charge in [-0.2, -0.15) is 0 Å². The summed E-state index contributed by atoms with van der Waals surface area (Å²) in [6.07, 6.45) is 4.08. The molecule has 1 aromatic rings. The van der Waals surface area contributed by atoms with Gasteiger partial charge in [0.2, 0.25) is 0 Å². The van der Waals surface area contributed by atoms with Gasteiger partial charge in [0.05, 0.1) is 0 Å². The zero-order valence-corrected chi connectivity index (χ0v) is 8.10. The van der Waals surface area contributed by atoms with E-state index in [9.17, 15) is 4.79 Å². The quantitative estimate of drug-likeness (QED) is 0.701. The molecule has 0 bridgehead atoms. The third kappa shape index (κ3) is 2.57. The highest BCUT2D eigenvalue weighted by Gasteiger charge is 2.13. The molecule has 0 N–H and O–H groups in total. The molecule has 0 amide bonds. The van der Waals surface area contributed by atoms with Crippen LogP contribution in [0.1, 0.15) is 20.8 Å². The van der Waals surface area contributed by atoms with Crippen LogP contribution in [-0.4, -0.2) is 21.7 Å². The van der Waals surface area contributed by atoms with Crippen LogP contribution in [0.2, 0.25) is 0 Å². The summed E-state index contributed by atoms with van der Waals surface area (Å²) in [5.41, 5.74) is 0. The minimum atomic E-state index is -0.376. The van der Waals surface area contributed by atoms with E-state index in [0.717, 1.165) is 0 Å². The molecule has 72 valence electrons. The van der Waals surface area contributed by atoms with Crippen molar-refractivity contribution in [3.05, 3.63) is 18.7 Å². The van der Waals surface area contributed by atoms with Crippen LogP contribution in [0.15, 0.2) is 18.7 Å². The van der Waals surface area contributed by atoms with Crippen molar-refractivity contribution in [3.63, 3.8) is 0 Å². The molecule has 0 aliphatic heterocycles. The molecule has 1 rings (SSSR count). The van der Waals surface area contributed by atoms with Crippen LogP contribution in [0.3, 0.4) is 0 Å². The molecule has 0 aromatic carbocycles. The lowest BCUT2D eigenvalue weighted by Crippen LogP contribution is -2.23. The van der Waals surface area contributed by atoms with E-state index in [4.69, 9.17) is 4.74 Å². The number of rotatable bonds is 2. The van der Waals surface area contributed by atoms with Crippen molar-refractivity contribution < 1.29 is 9.53 Å². The molecule has 1 aromatic heterocycles. The van der Waals surface area contributed by atoms with Crippen LogP contribution in [-0.2, 0) is 4.74 Å². The zero-order valence-electron chi connectivity index (χ0n) is 8.10. The Labute approximate surface area is 77.5 Å². The van der Waals surface area contributed by atoms with Gasteiger partial charge < -0.3 is 4.74 Å². The van der Waals surface area contributed by atoms with Crippen molar-refractivity contribution in [3.8, 4) is 0 Å². The first-order valence-electron chi connectivity index (χ1n) is 4.30. The Morgan fingerprint density at radius 3 is 2.62 bits per heavy atom. The van der Waals surface area contributed by atoms with Crippen LogP contribution in [0.4, 0.5) is 4.79 Å². The summed E-state index contributed by atoms with van der Waals surface area (Å²) in [5.74, 6) is 0.326. The second kappa shape index (κ2) is 4.07. The van der Waals surface area contributed by atoms with Crippen LogP contribution in [0, 0.1) is 5.92 Å². The molecular weight excluding hydrogens is 168 g/mol. The van der Waals surface area contributed by atoms with E-state index in [-0.39, 0.29) is 12.2 Å². The Bertz CT molecular complexity index is 267. The lowest BCUT2D eigenvalue weighted by atomic mass is 10.1. The van der Waals surface area contributed by atoms with Crippen molar-refractivity contribution in [1.29, 1.82) is 0 Å². The molecule has 1 heterocycles. The Morgan fingerprint density at radius 1 is 1.46 bits per heavy atom. The number of imidazole rings is 1. The predicted octanol–water partition coefficient (Wildman–Crippen LogP) is 1.91. The predicted molar refractivity (Wildman–Crippen MR) is 48.4 cm³/mol. The van der Waals surface area contributed by atoms with Crippen LogP contribution < -0.4 is 0 Å². The largest absolute Gasteiger partial charge is 0.446 e. The van der Waals surface area contributed by atoms with Crippen molar-refractivity contribution in [2.45, 2.75) is 26.9 Å². The number of aromatic nitrogens is 2. The summed E-state index contributed by atoms with van der Waals surface area (Å²) < 4.78 is 6.46. The summed E-state index contributed by atoms with van der Waals surface area (Å²) in [7, 11) is 0. The van der Waals surface area contributed by atoms with Crippen molar-refractivity contribution in [2.75, 3.05) is 0 Å². The molecule has 13 heavy (non-hydrogen) atoms. The van der Waals surface area contributed by atoms with Gasteiger partial charge in [0.1, 0.15) is 12.4 Å². The van der Waals surface area contributed by atoms with Gasteiger partial charge in [-0.1, -0.05) is 13.8 Å². The van der Waals surface area contributed by atoms with E-state index in [1.165, 1.54) is 10.9 Å². The lowest BCUT2D eigenvalue weighted by Gasteiger charge is -2.16. The van der Waals surface area contributed by atoms with Gasteiger partial charge in [0, 0.05) is 12.4 Å². The van der Waals surface area contributed by atoms with E-state index in [2.05, 4.69) is 4.98 Å². The van der Waals surface area contributed by atoms with E-state index >= 15 is 0 Å². The SMILES string of the molecule is CC(C)[C@H](C)OC(=O)n1ccnc1. The molecule has 0 saturated heterocycles. The van der Waals surface area contributed by atoms with E-state index in [1.54, 1.807) is 12.4 Å². The maximum Gasteiger partial charge on any atom is 0.419 e. The second-order valence-corrected chi connectivity index (χ2v) is 3.30. The van der Waals surface area contributed by atoms with Gasteiger partial charge in [-0.3, -0.25) is 0 Å². The van der Waals surface area contributed by atoms with Crippen molar-refractivity contribution in [2.24, 2.45) is 5.92 Å². The fourth-order valence-electron chi connectivity index (χ4n) is 0.723. The molecule has 0 fully saturated rings. The summed E-state index contributed by atoms with van der Waals surface area (Å²) >= 11 is 0. The monoisotopic (exact) mass is 182 g/mol. The fraction of sp³-hybridized carbons (Fsp3) is 0.556. The zero-order chi connectivity index (χ0) is 9.84. The van der Waals surface area contributed by atoms with Gasteiger partial charge in [-0.15, -0.1) is 0 Å². The molecule has 0 aliphatic rings. The number of carbonyl (C=O) groups excluding carboxylic acids is 1. The molecule has 0 radical (unpaired) electrons. The maximum atomic E-state index is 11.3. The Morgan fingerprint density at radius 2 is 2.15 bits per heavy atom. The molecule has 0 aliphatic carbocycles. The van der Waals surface area contributed by atoms with Gasteiger partial charge >= 0.3 is 6.09 Å². The average Bonchev–Trinajstić information content (AvgIpc) is 2.55. The lowest BCUT2D eigenvalue weighted by molar-refractivity contribution is 0.0833. The smallest absolute Gasteiger partial charge is 0.419 e. The Hall–Kier alpha value is -1.32. The Kier molecular flexibility index (Phi) is 3.06. The highest BCUT2D eigenvalue weighted by Crippen LogP contribution is 2.06. The number of hydrogen-bond acceptors (Lipinski definition) is 3. The molecule has 1 atom stereocenters. The highest BCUT2D eigenvalue weighted by molar-refractivity contribution is 5.70. The number of carbonyl (C=O) groups is 1. The van der Waals surface area contributed by atoms with Gasteiger partial charge in [0.25, 0.3) is 0 Å². The molecule has 0 saturated carbocycles. The first kappa shape index (κ1) is 9.77. The molecular formula is C9H14N2O2. The summed E-state index contributed by atoms with van der Waals surface area (Å²) in [6.45, 7) is 5.89. The molecule has 0 spiro atoms. The van der Waals surface area contributed by atoms with Gasteiger partial charge in [-0.25, -0.2) is 14.3 Å². The third-order valence-electron chi connectivity index (χ3n) is 1.94. The van der Waals surface area contributed by atoms with E-state index in [0.29, 0.717) is 5.92 Å². The van der Waals surface area contributed by atoms with E-state index in [1.807, 2.05) is 20.8 Å². The van der Waals surface area contributed by atoms with Crippen LogP contribution >= 0.6 is 0 Å². The first-order valence-corrected chi connectivity index (χ1v) is 4.30. The van der Waals surface area contributed by atoms with Crippen molar-refractivity contribution in [1.82, 2.24) is 9.55 Å². The molecule has 0 unspecified atom stereocenters. The maximum absolute atomic E-state index is 11.3. The summed E-state index contributed by atoms with van der Waals surface area (Å²) in [6, 6.07) is 0. The fourth-order valence-corrected chi connectivity index (χ4v) is 0.723. The standard InChI is InChI=1S/C9H14N2O2/c1-7(2)8(3)13-9(12)11-5-4-10-6-11/h4-8H,1-3H3/t8-/m0/s1. The Balaban J connectivity index is 2.52. The minimum Gasteiger partial charge on any atom is -0.446 e. The average molecular weight is 182 g/mol. The summed E-state index contributed by atoms with van der Waals surface area (Å²) in [5, 5.41) is 0. The number of nitrogens with zero attached hydrogens (tertiary/aromatic N) is 2. The van der Waals surface area contributed by atoms with E-state index < -0.39 is 0 Å². The normalized spacial score (nSPS) is 12.9. The topological polar surface area (TPSA) is 44.1 Å². The molecule has 4 heteroatoms. The van der Waals surface area contributed by atoms with Crippen LogP contribution in [0.25, 0.3) is 0 Å². The van der Waals surface area contributed by atoms with Gasteiger partial charge in [0.15, 0.2) is 0 Å². The molecule has 4 nitrogen and oxygen atoms in total. The van der Waals surface area contributed by atoms with Crippen molar-refractivity contribution >= 4 is 6.09 Å². The van der Waals surface area contributed by atoms with Crippen LogP contribution in [0.5, 0.6) is 0 Å². The third-order valence-corrected chi connectivity index (χ3v) is 1.94. The summed E-state index contributed by atoms with van der Waals surface area (Å²) in [4.78, 5) is 15.1. The number of ether oxygens (including phenoxy) is 1. The highest BCUT2D eigenvalue weighted by atomic mass is 16.6. The first-order chi connectivity index (χ1) is 6.11. The van der Waals surface area contributed by atoms with Gasteiger partial charge in [-0.05, 0) is 12.8 Å². The number of hydrogen-bond donors (Lipinski definition) is 0. The second-order valence-electron chi connectivity index (χ2n) is 3.30. The minimum absolute atomic E-state index is 0.0742.